The molecule has 0 N–H and O–H groups in total. The molecule has 0 bridgehead atoms. The van der Waals surface area contributed by atoms with E-state index in [0.29, 0.717) is 30.0 Å². The van der Waals surface area contributed by atoms with Crippen LogP contribution in [0.1, 0.15) is 20.7 Å². The van der Waals surface area contributed by atoms with Crippen molar-refractivity contribution in [2.45, 2.75) is 11.7 Å². The first-order valence-electron chi connectivity index (χ1n) is 8.88. The van der Waals surface area contributed by atoms with Crippen molar-refractivity contribution in [3.63, 3.8) is 0 Å². The van der Waals surface area contributed by atoms with E-state index < -0.39 is 0 Å². The summed E-state index contributed by atoms with van der Waals surface area (Å²) in [7, 11) is 0. The van der Waals surface area contributed by atoms with E-state index in [0.717, 1.165) is 16.5 Å². The fraction of sp³-hybridized carbons (Fsp3) is 0.143. The van der Waals surface area contributed by atoms with E-state index in [1.165, 1.54) is 16.7 Å². The van der Waals surface area contributed by atoms with Gasteiger partial charge in [0.25, 0.3) is 11.8 Å². The van der Waals surface area contributed by atoms with Crippen LogP contribution in [0.2, 0.25) is 0 Å². The zero-order valence-corrected chi connectivity index (χ0v) is 15.9. The maximum absolute atomic E-state index is 12.5. The number of hydrogen-bond acceptors (Lipinski definition) is 5. The summed E-state index contributed by atoms with van der Waals surface area (Å²) in [5, 5.41) is 9.34. The second-order valence-corrected chi connectivity index (χ2v) is 7.29. The zero-order chi connectivity index (χ0) is 19.5. The number of nitrogens with zero attached hydrogens (tertiary/aromatic N) is 4. The third-order valence-electron chi connectivity index (χ3n) is 4.48. The number of aromatic nitrogens is 3. The van der Waals surface area contributed by atoms with E-state index in [2.05, 4.69) is 16.8 Å². The van der Waals surface area contributed by atoms with Gasteiger partial charge in [0.1, 0.15) is 0 Å². The maximum atomic E-state index is 12.5. The number of thioether (sulfide) groups is 1. The number of imide groups is 1. The Morgan fingerprint density at radius 3 is 2.21 bits per heavy atom. The van der Waals surface area contributed by atoms with Gasteiger partial charge in [-0.25, -0.2) is 0 Å². The third-order valence-corrected chi connectivity index (χ3v) is 5.43. The van der Waals surface area contributed by atoms with Crippen molar-refractivity contribution in [2.24, 2.45) is 0 Å². The molecule has 7 heteroatoms. The van der Waals surface area contributed by atoms with E-state index in [1.807, 2.05) is 34.9 Å². The monoisotopic (exact) mass is 390 g/mol. The van der Waals surface area contributed by atoms with Crippen LogP contribution in [-0.4, -0.2) is 43.8 Å². The molecule has 6 nitrogen and oxygen atoms in total. The van der Waals surface area contributed by atoms with Crippen LogP contribution in [0, 0.1) is 0 Å². The first-order chi connectivity index (χ1) is 13.7. The molecule has 0 aliphatic carbocycles. The number of allylic oxidation sites excluding steroid dienone is 1. The molecule has 1 aliphatic heterocycles. The van der Waals surface area contributed by atoms with Gasteiger partial charge in [-0.1, -0.05) is 60.3 Å². The molecular weight excluding hydrogens is 372 g/mol. The Morgan fingerprint density at radius 2 is 1.57 bits per heavy atom. The molecule has 28 heavy (non-hydrogen) atoms. The minimum Gasteiger partial charge on any atom is -0.298 e. The minimum atomic E-state index is -0.237. The molecule has 2 aromatic carbocycles. The molecule has 140 valence electrons. The van der Waals surface area contributed by atoms with Gasteiger partial charge in [0.05, 0.1) is 11.1 Å². The van der Waals surface area contributed by atoms with E-state index in [9.17, 15) is 9.59 Å². The van der Waals surface area contributed by atoms with Crippen molar-refractivity contribution in [2.75, 3.05) is 12.3 Å². The summed E-state index contributed by atoms with van der Waals surface area (Å²) < 4.78 is 1.98. The molecule has 1 aliphatic rings. The van der Waals surface area contributed by atoms with E-state index in [1.54, 1.807) is 30.3 Å². The van der Waals surface area contributed by atoms with Crippen molar-refractivity contribution in [1.29, 1.82) is 0 Å². The average Bonchev–Trinajstić information content (AvgIpc) is 3.23. The standard InChI is InChI=1S/C21H18N4O2S/c1-2-12-24-18(15-8-4-3-5-9-15)22-23-21(24)28-14-13-25-19(26)16-10-6-7-11-17(16)20(25)27/h2-11H,1,12-14H2. The van der Waals surface area contributed by atoms with Gasteiger partial charge in [-0.15, -0.1) is 16.8 Å². The number of carbonyl (C=O) groups is 2. The molecule has 2 amide bonds. The fourth-order valence-electron chi connectivity index (χ4n) is 3.16. The van der Waals surface area contributed by atoms with Crippen molar-refractivity contribution < 1.29 is 9.59 Å². The molecule has 1 aromatic heterocycles. The summed E-state index contributed by atoms with van der Waals surface area (Å²) in [6, 6.07) is 16.7. The number of carbonyl (C=O) groups excluding carboxylic acids is 2. The first-order valence-corrected chi connectivity index (χ1v) is 9.87. The average molecular weight is 390 g/mol. The zero-order valence-electron chi connectivity index (χ0n) is 15.1. The second-order valence-electron chi connectivity index (χ2n) is 6.23. The van der Waals surface area contributed by atoms with Crippen LogP contribution < -0.4 is 0 Å². The summed E-state index contributed by atoms with van der Waals surface area (Å²) in [6.07, 6.45) is 1.80. The summed E-state index contributed by atoms with van der Waals surface area (Å²) in [5.74, 6) is 0.830. The van der Waals surface area contributed by atoms with Crippen molar-refractivity contribution >= 4 is 23.6 Å². The molecule has 0 radical (unpaired) electrons. The summed E-state index contributed by atoms with van der Waals surface area (Å²) in [4.78, 5) is 26.2. The van der Waals surface area contributed by atoms with Crippen LogP contribution in [-0.2, 0) is 6.54 Å². The highest BCUT2D eigenvalue weighted by molar-refractivity contribution is 7.99. The van der Waals surface area contributed by atoms with Crippen molar-refractivity contribution in [3.05, 3.63) is 78.4 Å². The topological polar surface area (TPSA) is 68.1 Å². The number of amides is 2. The lowest BCUT2D eigenvalue weighted by Crippen LogP contribution is -2.31. The molecule has 0 atom stereocenters. The Labute approximate surface area is 166 Å². The van der Waals surface area contributed by atoms with Gasteiger partial charge >= 0.3 is 0 Å². The summed E-state index contributed by atoms with van der Waals surface area (Å²) >= 11 is 1.47. The van der Waals surface area contributed by atoms with E-state index in [4.69, 9.17) is 0 Å². The Hall–Kier alpha value is -3.19. The van der Waals surface area contributed by atoms with Crippen LogP contribution >= 0.6 is 11.8 Å². The molecule has 3 aromatic rings. The normalized spacial score (nSPS) is 13.1. The molecule has 0 fully saturated rings. The highest BCUT2D eigenvalue weighted by Crippen LogP contribution is 2.26. The van der Waals surface area contributed by atoms with E-state index in [-0.39, 0.29) is 11.8 Å². The molecule has 0 spiro atoms. The lowest BCUT2D eigenvalue weighted by molar-refractivity contribution is 0.0664. The van der Waals surface area contributed by atoms with Crippen LogP contribution in [0.5, 0.6) is 0 Å². The van der Waals surface area contributed by atoms with Gasteiger partial charge in [-0.3, -0.25) is 19.1 Å². The van der Waals surface area contributed by atoms with Gasteiger partial charge in [-0.2, -0.15) is 0 Å². The molecule has 0 unspecified atom stereocenters. The lowest BCUT2D eigenvalue weighted by Gasteiger charge is -2.13. The molecule has 4 rings (SSSR count). The maximum Gasteiger partial charge on any atom is 0.261 e. The van der Waals surface area contributed by atoms with Crippen LogP contribution in [0.4, 0.5) is 0 Å². The lowest BCUT2D eigenvalue weighted by atomic mass is 10.1. The Morgan fingerprint density at radius 1 is 0.929 bits per heavy atom. The predicted octanol–water partition coefficient (Wildman–Crippen LogP) is 3.52. The number of fused-ring (bicyclic) bond motifs is 1. The largest absolute Gasteiger partial charge is 0.298 e. The fourth-order valence-corrected chi connectivity index (χ4v) is 4.03. The molecular formula is C21H18N4O2S. The number of hydrogen-bond donors (Lipinski definition) is 0. The number of rotatable bonds is 7. The third kappa shape index (κ3) is 3.25. The highest BCUT2D eigenvalue weighted by atomic mass is 32.2. The van der Waals surface area contributed by atoms with Crippen LogP contribution in [0.3, 0.4) is 0 Å². The summed E-state index contributed by atoms with van der Waals surface area (Å²) in [6.45, 7) is 4.71. The van der Waals surface area contributed by atoms with Crippen molar-refractivity contribution in [1.82, 2.24) is 19.7 Å². The van der Waals surface area contributed by atoms with Gasteiger partial charge in [0.2, 0.25) is 0 Å². The first kappa shape index (κ1) is 18.2. The van der Waals surface area contributed by atoms with Gasteiger partial charge in [-0.05, 0) is 12.1 Å². The summed E-state index contributed by atoms with van der Waals surface area (Å²) in [5.41, 5.74) is 1.92. The van der Waals surface area contributed by atoms with Gasteiger partial charge in [0.15, 0.2) is 11.0 Å². The van der Waals surface area contributed by atoms with E-state index >= 15 is 0 Å². The smallest absolute Gasteiger partial charge is 0.261 e. The van der Waals surface area contributed by atoms with Gasteiger partial charge < -0.3 is 0 Å². The molecule has 2 heterocycles. The quantitative estimate of drug-likeness (QED) is 0.351. The number of benzene rings is 2. The Kier molecular flexibility index (Phi) is 5.08. The van der Waals surface area contributed by atoms with Crippen LogP contribution in [0.15, 0.2) is 72.4 Å². The SMILES string of the molecule is C=CCn1c(SCCN2C(=O)c3ccccc3C2=O)nnc1-c1ccccc1. The van der Waals surface area contributed by atoms with Crippen LogP contribution in [0.25, 0.3) is 11.4 Å². The highest BCUT2D eigenvalue weighted by Gasteiger charge is 2.34. The Bertz CT molecular complexity index is 1010. The molecule has 0 saturated heterocycles. The Balaban J connectivity index is 1.48. The van der Waals surface area contributed by atoms with Gasteiger partial charge in [0, 0.05) is 24.4 Å². The van der Waals surface area contributed by atoms with Crippen molar-refractivity contribution in [3.8, 4) is 11.4 Å². The predicted molar refractivity (Wildman–Crippen MR) is 108 cm³/mol. The second kappa shape index (κ2) is 7.82. The molecule has 0 saturated carbocycles. The minimum absolute atomic E-state index is 0.237.